The van der Waals surface area contributed by atoms with Gasteiger partial charge in [0, 0.05) is 10.5 Å². The number of benzene rings is 1. The Labute approximate surface area is 115 Å². The first-order valence-corrected chi connectivity index (χ1v) is 7.23. The Morgan fingerprint density at radius 2 is 2.06 bits per heavy atom. The van der Waals surface area contributed by atoms with E-state index in [1.807, 2.05) is 12.1 Å². The molecule has 0 aliphatic heterocycles. The number of hydrazine groups is 1. The van der Waals surface area contributed by atoms with E-state index in [0.717, 1.165) is 21.5 Å². The van der Waals surface area contributed by atoms with Crippen molar-refractivity contribution < 1.29 is 0 Å². The van der Waals surface area contributed by atoms with Crippen molar-refractivity contribution in [1.29, 1.82) is 0 Å². The molecule has 1 fully saturated rings. The maximum Gasteiger partial charge on any atom is 0.218 e. The number of fused-ring (bicyclic) bond motifs is 1. The third-order valence-corrected chi connectivity index (χ3v) is 4.38. The molecule has 0 atom stereocenters. The first-order chi connectivity index (χ1) is 8.81. The van der Waals surface area contributed by atoms with Crippen molar-refractivity contribution in [3.63, 3.8) is 0 Å². The predicted molar refractivity (Wildman–Crippen MR) is 77.4 cm³/mol. The molecule has 18 heavy (non-hydrogen) atoms. The summed E-state index contributed by atoms with van der Waals surface area (Å²) >= 11 is 3.55. The highest BCUT2D eigenvalue weighted by Crippen LogP contribution is 2.35. The molecular weight excluding hydrogens is 292 g/mol. The Hall–Kier alpha value is -1.07. The second kappa shape index (κ2) is 4.90. The molecule has 3 N–H and O–H groups in total. The topological polar surface area (TPSA) is 55.9 Å². The number of imidazole rings is 1. The lowest BCUT2D eigenvalue weighted by Crippen LogP contribution is -2.18. The fraction of sp³-hybridized carbons (Fsp3) is 0.462. The lowest BCUT2D eigenvalue weighted by Gasteiger charge is -2.25. The number of nitrogens with one attached hydrogen (secondary N) is 1. The summed E-state index contributed by atoms with van der Waals surface area (Å²) in [6.07, 6.45) is 6.36. The van der Waals surface area contributed by atoms with Crippen LogP contribution in [0, 0.1) is 0 Å². The van der Waals surface area contributed by atoms with Crippen LogP contribution in [0.5, 0.6) is 0 Å². The number of aromatic nitrogens is 2. The molecule has 1 aliphatic rings. The van der Waals surface area contributed by atoms with Crippen molar-refractivity contribution in [2.24, 2.45) is 5.84 Å². The third kappa shape index (κ3) is 1.91. The summed E-state index contributed by atoms with van der Waals surface area (Å²) in [6, 6.07) is 6.70. The number of para-hydroxylation sites is 1. The maximum atomic E-state index is 5.62. The molecule has 1 aromatic carbocycles. The van der Waals surface area contributed by atoms with E-state index in [-0.39, 0.29) is 0 Å². The van der Waals surface area contributed by atoms with Gasteiger partial charge in [-0.05, 0) is 40.9 Å². The summed E-state index contributed by atoms with van der Waals surface area (Å²) < 4.78 is 3.28. The summed E-state index contributed by atoms with van der Waals surface area (Å²) in [5, 5.41) is 0. The zero-order valence-electron chi connectivity index (χ0n) is 10.2. The molecule has 1 aliphatic carbocycles. The largest absolute Gasteiger partial charge is 0.306 e. The molecule has 0 radical (unpaired) electrons. The highest BCUT2D eigenvalue weighted by atomic mass is 79.9. The van der Waals surface area contributed by atoms with E-state index in [1.54, 1.807) is 0 Å². The van der Waals surface area contributed by atoms with Gasteiger partial charge in [0.15, 0.2) is 0 Å². The molecule has 2 aromatic rings. The van der Waals surface area contributed by atoms with Gasteiger partial charge in [0.1, 0.15) is 5.52 Å². The highest BCUT2D eigenvalue weighted by molar-refractivity contribution is 9.10. The van der Waals surface area contributed by atoms with Crippen molar-refractivity contribution in [2.75, 3.05) is 5.43 Å². The molecule has 1 aromatic heterocycles. The monoisotopic (exact) mass is 308 g/mol. The van der Waals surface area contributed by atoms with Gasteiger partial charge < -0.3 is 4.57 Å². The minimum absolute atomic E-state index is 0.518. The number of rotatable bonds is 2. The smallest absolute Gasteiger partial charge is 0.218 e. The average molecular weight is 309 g/mol. The number of nitrogens with zero attached hydrogens (tertiary/aromatic N) is 2. The molecule has 0 unspecified atom stereocenters. The number of nitrogens with two attached hydrogens (primary N) is 1. The summed E-state index contributed by atoms with van der Waals surface area (Å²) in [5.74, 6) is 6.39. The first kappa shape index (κ1) is 12.0. The van der Waals surface area contributed by atoms with Crippen LogP contribution in [0.25, 0.3) is 11.0 Å². The van der Waals surface area contributed by atoms with E-state index in [1.165, 1.54) is 32.1 Å². The first-order valence-electron chi connectivity index (χ1n) is 6.44. The number of anilines is 1. The SMILES string of the molecule is NNc1nc2c(Br)cccc2n1C1CCCCC1. The minimum atomic E-state index is 0.518. The normalized spacial score (nSPS) is 17.2. The standard InChI is InChI=1S/C13H17BrN4/c14-10-7-4-8-11-12(10)16-13(17-15)18(11)9-5-2-1-3-6-9/h4,7-9H,1-3,5-6,15H2,(H,16,17). The van der Waals surface area contributed by atoms with Crippen LogP contribution < -0.4 is 11.3 Å². The predicted octanol–water partition coefficient (Wildman–Crippen LogP) is 3.59. The molecule has 96 valence electrons. The summed E-state index contributed by atoms with van der Waals surface area (Å²) in [7, 11) is 0. The highest BCUT2D eigenvalue weighted by Gasteiger charge is 2.21. The van der Waals surface area contributed by atoms with Gasteiger partial charge in [-0.2, -0.15) is 0 Å². The minimum Gasteiger partial charge on any atom is -0.306 e. The zero-order valence-corrected chi connectivity index (χ0v) is 11.8. The van der Waals surface area contributed by atoms with Gasteiger partial charge in [0.2, 0.25) is 5.95 Å². The molecule has 0 spiro atoms. The second-order valence-electron chi connectivity index (χ2n) is 4.85. The van der Waals surface area contributed by atoms with Crippen LogP contribution in [0.15, 0.2) is 22.7 Å². The van der Waals surface area contributed by atoms with Gasteiger partial charge in [-0.1, -0.05) is 25.3 Å². The van der Waals surface area contributed by atoms with Gasteiger partial charge in [-0.3, -0.25) is 5.43 Å². The molecule has 0 saturated heterocycles. The van der Waals surface area contributed by atoms with Crippen LogP contribution in [0.3, 0.4) is 0 Å². The van der Waals surface area contributed by atoms with Gasteiger partial charge in [-0.25, -0.2) is 10.8 Å². The van der Waals surface area contributed by atoms with E-state index < -0.39 is 0 Å². The Balaban J connectivity index is 2.16. The molecule has 4 nitrogen and oxygen atoms in total. The van der Waals surface area contributed by atoms with E-state index in [9.17, 15) is 0 Å². The molecule has 0 bridgehead atoms. The van der Waals surface area contributed by atoms with Crippen LogP contribution in [0.2, 0.25) is 0 Å². The quantitative estimate of drug-likeness (QED) is 0.658. The number of nitrogen functional groups attached to an aromatic ring is 1. The van der Waals surface area contributed by atoms with E-state index in [2.05, 4.69) is 37.0 Å². The van der Waals surface area contributed by atoms with Gasteiger partial charge >= 0.3 is 0 Å². The van der Waals surface area contributed by atoms with Gasteiger partial charge in [0.25, 0.3) is 0 Å². The van der Waals surface area contributed by atoms with E-state index in [0.29, 0.717) is 6.04 Å². The average Bonchev–Trinajstić information content (AvgIpc) is 2.80. The van der Waals surface area contributed by atoms with Crippen LogP contribution in [-0.4, -0.2) is 9.55 Å². The zero-order chi connectivity index (χ0) is 12.5. The second-order valence-corrected chi connectivity index (χ2v) is 5.70. The Bertz CT molecular complexity index is 557. The van der Waals surface area contributed by atoms with Gasteiger partial charge in [-0.15, -0.1) is 0 Å². The summed E-state index contributed by atoms with van der Waals surface area (Å²) in [4.78, 5) is 4.59. The van der Waals surface area contributed by atoms with Gasteiger partial charge in [0.05, 0.1) is 5.52 Å². The fourth-order valence-corrected chi connectivity index (χ4v) is 3.34. The lowest BCUT2D eigenvalue weighted by molar-refractivity contribution is 0.362. The Morgan fingerprint density at radius 1 is 1.28 bits per heavy atom. The van der Waals surface area contributed by atoms with Crippen molar-refractivity contribution >= 4 is 32.9 Å². The van der Waals surface area contributed by atoms with Crippen molar-refractivity contribution in [2.45, 2.75) is 38.1 Å². The molecule has 0 amide bonds. The summed E-state index contributed by atoms with van der Waals surface area (Å²) in [6.45, 7) is 0. The molecule has 1 heterocycles. The maximum absolute atomic E-state index is 5.62. The van der Waals surface area contributed by atoms with E-state index in [4.69, 9.17) is 5.84 Å². The van der Waals surface area contributed by atoms with E-state index >= 15 is 0 Å². The van der Waals surface area contributed by atoms with Crippen LogP contribution in [0.4, 0.5) is 5.95 Å². The third-order valence-electron chi connectivity index (χ3n) is 3.74. The Kier molecular flexibility index (Phi) is 3.26. The number of halogens is 1. The van der Waals surface area contributed by atoms with Crippen LogP contribution in [0.1, 0.15) is 38.1 Å². The molecule has 5 heteroatoms. The fourth-order valence-electron chi connectivity index (χ4n) is 2.89. The molecule has 1 saturated carbocycles. The van der Waals surface area contributed by atoms with Crippen molar-refractivity contribution in [3.05, 3.63) is 22.7 Å². The Morgan fingerprint density at radius 3 is 2.78 bits per heavy atom. The van der Waals surface area contributed by atoms with Crippen molar-refractivity contribution in [3.8, 4) is 0 Å². The van der Waals surface area contributed by atoms with Crippen molar-refractivity contribution in [1.82, 2.24) is 9.55 Å². The van der Waals surface area contributed by atoms with Crippen LogP contribution >= 0.6 is 15.9 Å². The molecular formula is C13H17BrN4. The number of hydrogen-bond acceptors (Lipinski definition) is 3. The molecule has 3 rings (SSSR count). The summed E-state index contributed by atoms with van der Waals surface area (Å²) in [5.41, 5.74) is 4.88. The van der Waals surface area contributed by atoms with Crippen LogP contribution in [-0.2, 0) is 0 Å². The lowest BCUT2D eigenvalue weighted by atomic mass is 9.95. The number of hydrogen-bond donors (Lipinski definition) is 2.